The van der Waals surface area contributed by atoms with Gasteiger partial charge in [0.1, 0.15) is 17.2 Å². The smallest absolute Gasteiger partial charge is 0.339 e. The first-order valence-electron chi connectivity index (χ1n) is 10.0. The lowest BCUT2D eigenvalue weighted by Gasteiger charge is -2.15. The van der Waals surface area contributed by atoms with Gasteiger partial charge in [-0.1, -0.05) is 13.0 Å². The van der Waals surface area contributed by atoms with E-state index in [9.17, 15) is 18.3 Å². The number of sulfone groups is 1. The van der Waals surface area contributed by atoms with Gasteiger partial charge in [-0.2, -0.15) is 0 Å². The third-order valence-corrected chi connectivity index (χ3v) is 6.78. The molecule has 0 saturated heterocycles. The maximum Gasteiger partial charge on any atom is 0.339 e. The fourth-order valence-corrected chi connectivity index (χ4v) is 4.11. The number of aliphatic hydroxyl groups excluding tert-OH is 1. The Labute approximate surface area is 190 Å². The van der Waals surface area contributed by atoms with Crippen LogP contribution in [0.2, 0.25) is 0 Å². The quantitative estimate of drug-likeness (QED) is 0.395. The van der Waals surface area contributed by atoms with Crippen molar-refractivity contribution in [1.29, 1.82) is 0 Å². The topological polar surface area (TPSA) is 131 Å². The number of benzene rings is 2. The van der Waals surface area contributed by atoms with Gasteiger partial charge in [-0.3, -0.25) is 4.98 Å². The summed E-state index contributed by atoms with van der Waals surface area (Å²) in [7, 11) is -2.18. The van der Waals surface area contributed by atoms with Gasteiger partial charge in [0.25, 0.3) is 0 Å². The summed E-state index contributed by atoms with van der Waals surface area (Å²) in [5, 5.41) is 10.5. The fraction of sp³-hybridized carbons (Fsp3) is 0.174. The predicted octanol–water partition coefficient (Wildman–Crippen LogP) is 3.42. The number of methoxy groups -OCH3 is 1. The number of pyridine rings is 1. The maximum atomic E-state index is 12.0. The van der Waals surface area contributed by atoms with E-state index < -0.39 is 21.9 Å². The molecule has 1 atom stereocenters. The predicted molar refractivity (Wildman–Crippen MR) is 121 cm³/mol. The van der Waals surface area contributed by atoms with Gasteiger partial charge in [-0.15, -0.1) is 0 Å². The third-order valence-electron chi connectivity index (χ3n) is 5.03. The van der Waals surface area contributed by atoms with Crippen molar-refractivity contribution in [2.75, 3.05) is 12.9 Å². The number of rotatable bonds is 7. The molecule has 2 aromatic heterocycles. The summed E-state index contributed by atoms with van der Waals surface area (Å²) in [6, 6.07) is 14.5. The number of nitrogens with zero attached hydrogens (tertiary/aromatic N) is 2. The van der Waals surface area contributed by atoms with E-state index in [1.165, 1.54) is 31.4 Å². The molecule has 2 heterocycles. The van der Waals surface area contributed by atoms with Crippen LogP contribution in [0, 0.1) is 0 Å². The molecular formula is C23H21N3O6S. The van der Waals surface area contributed by atoms with Gasteiger partial charge < -0.3 is 19.6 Å². The Morgan fingerprint density at radius 1 is 1.15 bits per heavy atom. The standard InChI is InChI=1S/C23H21N3O6S/c1-3-33(29,30)15-9-7-14(8-10-15)32-20-13-19-18(12-16(20)21(27)23(28)31-2)25-22(26-19)17-6-4-5-11-24-17/h4-13,21,27H,3H2,1-2H3,(H,25,26). The molecule has 0 aliphatic heterocycles. The Bertz CT molecular complexity index is 1400. The highest BCUT2D eigenvalue weighted by Crippen LogP contribution is 2.35. The van der Waals surface area contributed by atoms with Crippen molar-refractivity contribution in [2.45, 2.75) is 17.9 Å². The molecule has 1 unspecified atom stereocenters. The van der Waals surface area contributed by atoms with Crippen LogP contribution in [-0.2, 0) is 19.4 Å². The highest BCUT2D eigenvalue weighted by Gasteiger charge is 2.24. The van der Waals surface area contributed by atoms with Crippen LogP contribution in [0.3, 0.4) is 0 Å². The summed E-state index contributed by atoms with van der Waals surface area (Å²) >= 11 is 0. The van der Waals surface area contributed by atoms with Crippen molar-refractivity contribution in [1.82, 2.24) is 15.0 Å². The minimum atomic E-state index is -3.35. The van der Waals surface area contributed by atoms with E-state index in [1.54, 1.807) is 37.4 Å². The number of fused-ring (bicyclic) bond motifs is 1. The van der Waals surface area contributed by atoms with Crippen molar-refractivity contribution >= 4 is 26.8 Å². The minimum Gasteiger partial charge on any atom is -0.467 e. The van der Waals surface area contributed by atoms with Crippen molar-refractivity contribution in [3.63, 3.8) is 0 Å². The van der Waals surface area contributed by atoms with E-state index in [0.717, 1.165) is 0 Å². The summed E-state index contributed by atoms with van der Waals surface area (Å²) < 4.78 is 34.7. The van der Waals surface area contributed by atoms with Crippen molar-refractivity contribution in [2.24, 2.45) is 0 Å². The van der Waals surface area contributed by atoms with E-state index in [4.69, 9.17) is 4.74 Å². The number of carbonyl (C=O) groups is 1. The lowest BCUT2D eigenvalue weighted by molar-refractivity contribution is -0.150. The molecule has 10 heteroatoms. The lowest BCUT2D eigenvalue weighted by atomic mass is 10.1. The second-order valence-electron chi connectivity index (χ2n) is 7.11. The SMILES string of the molecule is CCS(=O)(=O)c1ccc(Oc2cc3nc(-c4ccccn4)[nH]c3cc2C(O)C(=O)OC)cc1. The van der Waals surface area contributed by atoms with Crippen LogP contribution >= 0.6 is 0 Å². The number of hydrogen-bond acceptors (Lipinski definition) is 8. The molecule has 0 fully saturated rings. The number of aromatic amines is 1. The van der Waals surface area contributed by atoms with E-state index in [1.807, 2.05) is 6.07 Å². The van der Waals surface area contributed by atoms with Gasteiger partial charge in [-0.05, 0) is 42.5 Å². The monoisotopic (exact) mass is 467 g/mol. The van der Waals surface area contributed by atoms with Gasteiger partial charge in [0.15, 0.2) is 21.8 Å². The highest BCUT2D eigenvalue weighted by atomic mass is 32.2. The van der Waals surface area contributed by atoms with Gasteiger partial charge in [0.2, 0.25) is 0 Å². The number of H-pyrrole nitrogens is 1. The number of esters is 1. The van der Waals surface area contributed by atoms with Gasteiger partial charge in [0.05, 0.1) is 28.8 Å². The first kappa shape index (κ1) is 22.4. The molecule has 0 aliphatic rings. The molecule has 4 aromatic rings. The summed E-state index contributed by atoms with van der Waals surface area (Å²) in [6.45, 7) is 1.57. The second kappa shape index (κ2) is 9.00. The first-order chi connectivity index (χ1) is 15.8. The summed E-state index contributed by atoms with van der Waals surface area (Å²) in [4.78, 5) is 24.1. The number of aliphatic hydroxyl groups is 1. The average Bonchev–Trinajstić information content (AvgIpc) is 3.26. The molecule has 0 radical (unpaired) electrons. The summed E-state index contributed by atoms with van der Waals surface area (Å²) in [6.07, 6.45) is 0.0436. The normalized spacial score (nSPS) is 12.5. The van der Waals surface area contributed by atoms with E-state index >= 15 is 0 Å². The third kappa shape index (κ3) is 4.57. The Balaban J connectivity index is 1.77. The molecule has 2 N–H and O–H groups in total. The minimum absolute atomic E-state index is 0.0168. The fourth-order valence-electron chi connectivity index (χ4n) is 3.23. The Morgan fingerprint density at radius 2 is 1.91 bits per heavy atom. The molecule has 2 aromatic carbocycles. The number of carbonyl (C=O) groups excluding carboxylic acids is 1. The van der Waals surface area contributed by atoms with Crippen LogP contribution in [0.15, 0.2) is 65.7 Å². The zero-order valence-corrected chi connectivity index (χ0v) is 18.7. The van der Waals surface area contributed by atoms with Gasteiger partial charge in [-0.25, -0.2) is 18.2 Å². The Kier molecular flexibility index (Phi) is 6.12. The number of imidazole rings is 1. The molecule has 9 nitrogen and oxygen atoms in total. The number of nitrogens with one attached hydrogen (secondary N) is 1. The molecule has 0 aliphatic carbocycles. The zero-order chi connectivity index (χ0) is 23.6. The van der Waals surface area contributed by atoms with E-state index in [0.29, 0.717) is 28.3 Å². The van der Waals surface area contributed by atoms with Gasteiger partial charge in [0, 0.05) is 17.8 Å². The molecule has 4 rings (SSSR count). The lowest BCUT2D eigenvalue weighted by Crippen LogP contribution is -2.14. The largest absolute Gasteiger partial charge is 0.467 e. The number of hydrogen-bond donors (Lipinski definition) is 2. The summed E-state index contributed by atoms with van der Waals surface area (Å²) in [5.74, 6) is 0.133. The molecule has 0 spiro atoms. The average molecular weight is 468 g/mol. The first-order valence-corrected chi connectivity index (χ1v) is 11.7. The highest BCUT2D eigenvalue weighted by molar-refractivity contribution is 7.91. The van der Waals surface area contributed by atoms with Crippen LogP contribution in [0.25, 0.3) is 22.6 Å². The van der Waals surface area contributed by atoms with Crippen LogP contribution in [0.4, 0.5) is 0 Å². The zero-order valence-electron chi connectivity index (χ0n) is 17.8. The van der Waals surface area contributed by atoms with Gasteiger partial charge >= 0.3 is 5.97 Å². The molecular weight excluding hydrogens is 446 g/mol. The van der Waals surface area contributed by atoms with Crippen LogP contribution in [0.1, 0.15) is 18.6 Å². The van der Waals surface area contributed by atoms with Crippen molar-refractivity contribution in [3.8, 4) is 23.0 Å². The molecule has 170 valence electrons. The van der Waals surface area contributed by atoms with Crippen LogP contribution in [-0.4, -0.2) is 47.3 Å². The number of aromatic nitrogens is 3. The van der Waals surface area contributed by atoms with E-state index in [2.05, 4.69) is 19.7 Å². The Hall–Kier alpha value is -3.76. The second-order valence-corrected chi connectivity index (χ2v) is 9.39. The Morgan fingerprint density at radius 3 is 2.55 bits per heavy atom. The van der Waals surface area contributed by atoms with Crippen LogP contribution in [0.5, 0.6) is 11.5 Å². The van der Waals surface area contributed by atoms with Crippen molar-refractivity contribution in [3.05, 3.63) is 66.4 Å². The van der Waals surface area contributed by atoms with Crippen molar-refractivity contribution < 1.29 is 27.8 Å². The molecule has 0 saturated carbocycles. The van der Waals surface area contributed by atoms with Crippen LogP contribution < -0.4 is 4.74 Å². The maximum absolute atomic E-state index is 12.0. The number of ether oxygens (including phenoxy) is 2. The molecule has 0 amide bonds. The molecule has 33 heavy (non-hydrogen) atoms. The molecule has 0 bridgehead atoms. The summed E-state index contributed by atoms with van der Waals surface area (Å²) in [5.41, 5.74) is 1.87. The van der Waals surface area contributed by atoms with E-state index in [-0.39, 0.29) is 22.0 Å².